The Balaban J connectivity index is 1.37. The van der Waals surface area contributed by atoms with Crippen LogP contribution in [0, 0.1) is 0 Å². The van der Waals surface area contributed by atoms with Crippen molar-refractivity contribution < 1.29 is 27.5 Å². The lowest BCUT2D eigenvalue weighted by atomic mass is 10.1. The van der Waals surface area contributed by atoms with Crippen molar-refractivity contribution in [1.29, 1.82) is 0 Å². The molecule has 0 unspecified atom stereocenters. The molecule has 0 atom stereocenters. The van der Waals surface area contributed by atoms with Gasteiger partial charge in [-0.05, 0) is 54.8 Å². The highest BCUT2D eigenvalue weighted by molar-refractivity contribution is 6.08. The molecule has 2 N–H and O–H groups in total. The molecule has 0 spiro atoms. The van der Waals surface area contributed by atoms with Gasteiger partial charge in [-0.15, -0.1) is 0 Å². The second-order valence-electron chi connectivity index (χ2n) is 8.37. The highest BCUT2D eigenvalue weighted by atomic mass is 19.4. The number of nitrogens with one attached hydrogen (secondary N) is 2. The minimum absolute atomic E-state index is 0.0196. The lowest BCUT2D eigenvalue weighted by molar-refractivity contribution is -0.137. The van der Waals surface area contributed by atoms with Crippen molar-refractivity contribution >= 4 is 23.4 Å². The molecule has 2 amide bonds. The zero-order valence-corrected chi connectivity index (χ0v) is 19.3. The maximum absolute atomic E-state index is 13.3. The van der Waals surface area contributed by atoms with Gasteiger partial charge >= 0.3 is 12.3 Å². The van der Waals surface area contributed by atoms with Crippen LogP contribution in [0.3, 0.4) is 0 Å². The maximum Gasteiger partial charge on any atom is 0.416 e. The fourth-order valence-electron chi connectivity index (χ4n) is 3.89. The van der Waals surface area contributed by atoms with Gasteiger partial charge in [-0.1, -0.05) is 18.2 Å². The zero-order valence-electron chi connectivity index (χ0n) is 19.3. The van der Waals surface area contributed by atoms with E-state index in [9.17, 15) is 22.8 Å². The minimum atomic E-state index is -4.55. The number of amides is 2. The van der Waals surface area contributed by atoms with E-state index in [1.807, 2.05) is 4.90 Å². The summed E-state index contributed by atoms with van der Waals surface area (Å²) in [4.78, 5) is 30.8. The number of aromatic nitrogens is 1. The Morgan fingerprint density at radius 3 is 2.42 bits per heavy atom. The van der Waals surface area contributed by atoms with Gasteiger partial charge in [0.1, 0.15) is 6.61 Å². The average molecular weight is 499 g/mol. The molecule has 2 heterocycles. The SMILES string of the molecule is O=C(NCc1ccc(NC(=O)c2cc(C(F)(F)F)ccc2N2CCCC2)cc1)OCc1cccnc1. The van der Waals surface area contributed by atoms with Crippen molar-refractivity contribution in [3.63, 3.8) is 0 Å². The molecule has 0 saturated carbocycles. The number of hydrogen-bond donors (Lipinski definition) is 2. The van der Waals surface area contributed by atoms with Crippen molar-refractivity contribution in [2.45, 2.75) is 32.2 Å². The summed E-state index contributed by atoms with van der Waals surface area (Å²) in [5.74, 6) is -0.618. The number of alkyl carbamates (subject to hydrolysis) is 1. The quantitative estimate of drug-likeness (QED) is 0.457. The summed E-state index contributed by atoms with van der Waals surface area (Å²) in [5.41, 5.74) is 1.54. The van der Waals surface area contributed by atoms with Gasteiger partial charge < -0.3 is 20.3 Å². The van der Waals surface area contributed by atoms with Gasteiger partial charge in [0.05, 0.1) is 11.1 Å². The van der Waals surface area contributed by atoms with Crippen molar-refractivity contribution in [2.24, 2.45) is 0 Å². The first-order valence-electron chi connectivity index (χ1n) is 11.5. The number of benzene rings is 2. The molecule has 188 valence electrons. The first-order valence-corrected chi connectivity index (χ1v) is 11.5. The number of anilines is 2. The van der Waals surface area contributed by atoms with E-state index in [1.165, 1.54) is 6.07 Å². The number of ether oxygens (including phenoxy) is 1. The molecule has 1 aromatic heterocycles. The van der Waals surface area contributed by atoms with Crippen LogP contribution in [-0.2, 0) is 24.1 Å². The fourth-order valence-corrected chi connectivity index (χ4v) is 3.89. The van der Waals surface area contributed by atoms with Crippen LogP contribution in [0.15, 0.2) is 67.0 Å². The lowest BCUT2D eigenvalue weighted by Crippen LogP contribution is -2.24. The first-order chi connectivity index (χ1) is 17.3. The summed E-state index contributed by atoms with van der Waals surface area (Å²) >= 11 is 0. The van der Waals surface area contributed by atoms with Crippen LogP contribution < -0.4 is 15.5 Å². The van der Waals surface area contributed by atoms with Crippen LogP contribution in [0.4, 0.5) is 29.3 Å². The summed E-state index contributed by atoms with van der Waals surface area (Å²) in [7, 11) is 0. The van der Waals surface area contributed by atoms with Gasteiger partial charge in [0.2, 0.25) is 0 Å². The van der Waals surface area contributed by atoms with E-state index in [0.717, 1.165) is 36.1 Å². The van der Waals surface area contributed by atoms with Gasteiger partial charge in [0.15, 0.2) is 0 Å². The molecule has 1 saturated heterocycles. The molecule has 1 fully saturated rings. The molecule has 1 aliphatic heterocycles. The summed E-state index contributed by atoms with van der Waals surface area (Å²) in [6, 6.07) is 13.5. The Kier molecular flexibility index (Phi) is 7.72. The van der Waals surface area contributed by atoms with Gasteiger partial charge in [0.25, 0.3) is 5.91 Å². The van der Waals surface area contributed by atoms with Crippen molar-refractivity contribution in [3.8, 4) is 0 Å². The molecule has 2 aromatic carbocycles. The number of pyridine rings is 1. The van der Waals surface area contributed by atoms with Crippen LogP contribution in [0.2, 0.25) is 0 Å². The molecule has 10 heteroatoms. The second kappa shape index (κ2) is 11.1. The van der Waals surface area contributed by atoms with Crippen LogP contribution in [-0.4, -0.2) is 30.1 Å². The summed E-state index contributed by atoms with van der Waals surface area (Å²) in [5, 5.41) is 5.31. The number of hydrogen-bond acceptors (Lipinski definition) is 5. The third kappa shape index (κ3) is 6.53. The van der Waals surface area contributed by atoms with Crippen molar-refractivity contribution in [3.05, 3.63) is 89.2 Å². The molecule has 4 rings (SSSR count). The normalized spacial score (nSPS) is 13.4. The predicted octanol–water partition coefficient (Wildman–Crippen LogP) is 5.38. The van der Waals surface area contributed by atoms with E-state index in [0.29, 0.717) is 24.5 Å². The number of nitrogens with zero attached hydrogens (tertiary/aromatic N) is 2. The number of rotatable bonds is 7. The van der Waals surface area contributed by atoms with Gasteiger partial charge in [-0.25, -0.2) is 4.79 Å². The molecule has 1 aliphatic rings. The minimum Gasteiger partial charge on any atom is -0.445 e. The molecular formula is C26H25F3N4O3. The number of halogens is 3. The number of carbonyl (C=O) groups excluding carboxylic acids is 2. The highest BCUT2D eigenvalue weighted by Crippen LogP contribution is 2.34. The monoisotopic (exact) mass is 498 g/mol. The molecule has 3 aromatic rings. The van der Waals surface area contributed by atoms with Gasteiger partial charge in [0, 0.05) is 49.0 Å². The number of alkyl halides is 3. The molecule has 0 bridgehead atoms. The molecule has 0 radical (unpaired) electrons. The predicted molar refractivity (Wildman–Crippen MR) is 129 cm³/mol. The lowest BCUT2D eigenvalue weighted by Gasteiger charge is -2.22. The Labute approximate surface area is 206 Å². The zero-order chi connectivity index (χ0) is 25.5. The van der Waals surface area contributed by atoms with E-state index in [4.69, 9.17) is 4.74 Å². The van der Waals surface area contributed by atoms with Crippen molar-refractivity contribution in [1.82, 2.24) is 10.3 Å². The van der Waals surface area contributed by atoms with E-state index in [-0.39, 0.29) is 18.7 Å². The molecular weight excluding hydrogens is 473 g/mol. The molecule has 7 nitrogen and oxygen atoms in total. The first kappa shape index (κ1) is 25.0. The maximum atomic E-state index is 13.3. The van der Waals surface area contributed by atoms with Crippen LogP contribution >= 0.6 is 0 Å². The van der Waals surface area contributed by atoms with Crippen LogP contribution in [0.5, 0.6) is 0 Å². The topological polar surface area (TPSA) is 83.6 Å². The largest absolute Gasteiger partial charge is 0.445 e. The van der Waals surface area contributed by atoms with E-state index >= 15 is 0 Å². The third-order valence-corrected chi connectivity index (χ3v) is 5.76. The fraction of sp³-hybridized carbons (Fsp3) is 0.269. The Bertz CT molecular complexity index is 1200. The number of carbonyl (C=O) groups is 2. The van der Waals surface area contributed by atoms with Crippen LogP contribution in [0.25, 0.3) is 0 Å². The second-order valence-corrected chi connectivity index (χ2v) is 8.37. The standard InChI is InChI=1S/C26H25F3N4O3/c27-26(28,29)20-7-10-23(33-12-1-2-13-33)22(14-20)24(34)32-21-8-5-18(6-9-21)16-31-25(35)36-17-19-4-3-11-30-15-19/h3-11,14-15H,1-2,12-13,16-17H2,(H,31,35)(H,32,34). The molecule has 0 aliphatic carbocycles. The van der Waals surface area contributed by atoms with Crippen LogP contribution in [0.1, 0.15) is 39.9 Å². The Morgan fingerprint density at radius 2 is 1.75 bits per heavy atom. The van der Waals surface area contributed by atoms with E-state index < -0.39 is 23.7 Å². The smallest absolute Gasteiger partial charge is 0.416 e. The van der Waals surface area contributed by atoms with Crippen molar-refractivity contribution in [2.75, 3.05) is 23.3 Å². The summed E-state index contributed by atoms with van der Waals surface area (Å²) < 4.78 is 45.0. The Hall–Kier alpha value is -4.08. The molecule has 36 heavy (non-hydrogen) atoms. The van der Waals surface area contributed by atoms with Gasteiger partial charge in [-0.3, -0.25) is 9.78 Å². The Morgan fingerprint density at radius 1 is 1.00 bits per heavy atom. The van der Waals surface area contributed by atoms with E-state index in [1.54, 1.807) is 48.8 Å². The average Bonchev–Trinajstić information content (AvgIpc) is 3.42. The summed E-state index contributed by atoms with van der Waals surface area (Å²) in [6.45, 7) is 1.68. The van der Waals surface area contributed by atoms with Gasteiger partial charge in [-0.2, -0.15) is 13.2 Å². The summed E-state index contributed by atoms with van der Waals surface area (Å²) in [6.07, 6.45) is -0.0550. The highest BCUT2D eigenvalue weighted by Gasteiger charge is 2.32. The van der Waals surface area contributed by atoms with E-state index in [2.05, 4.69) is 15.6 Å². The third-order valence-electron chi connectivity index (χ3n) is 5.76.